The molecule has 0 bridgehead atoms. The Morgan fingerprint density at radius 2 is 2.00 bits per heavy atom. The summed E-state index contributed by atoms with van der Waals surface area (Å²) in [7, 11) is 0. The molecule has 0 aliphatic heterocycles. The smallest absolute Gasteiger partial charge is 0.146 e. The average Bonchev–Trinajstić information content (AvgIpc) is 2.14. The van der Waals surface area contributed by atoms with Crippen molar-refractivity contribution in [3.8, 4) is 0 Å². The van der Waals surface area contributed by atoms with E-state index in [0.717, 1.165) is 12.0 Å². The number of allylic oxidation sites excluding steroid dienone is 1. The quantitative estimate of drug-likeness (QED) is 0.391. The Morgan fingerprint density at radius 1 is 1.40 bits per heavy atom. The van der Waals surface area contributed by atoms with Crippen molar-refractivity contribution in [2.75, 3.05) is 6.54 Å². The van der Waals surface area contributed by atoms with Crippen molar-refractivity contribution in [2.45, 2.75) is 39.7 Å². The van der Waals surface area contributed by atoms with Gasteiger partial charge in [-0.15, -0.1) is 0 Å². The number of nitrogens with two attached hydrogens (primary N) is 2. The first-order valence-corrected chi connectivity index (χ1v) is 5.11. The first-order chi connectivity index (χ1) is 6.93. The fourth-order valence-electron chi connectivity index (χ4n) is 1.03. The fraction of sp³-hybridized carbons (Fsp3) is 0.636. The van der Waals surface area contributed by atoms with Crippen molar-refractivity contribution in [1.82, 2.24) is 0 Å². The van der Waals surface area contributed by atoms with Crippen LogP contribution < -0.4 is 11.5 Å². The van der Waals surface area contributed by atoms with Gasteiger partial charge in [0.2, 0.25) is 0 Å². The Morgan fingerprint density at radius 3 is 2.47 bits per heavy atom. The molecule has 0 radical (unpaired) electrons. The molecule has 0 aliphatic carbocycles. The van der Waals surface area contributed by atoms with Crippen LogP contribution in [-0.2, 0) is 4.79 Å². The Bertz CT molecular complexity index is 265. The molecular weight excluding hydrogens is 190 g/mol. The van der Waals surface area contributed by atoms with Crippen molar-refractivity contribution >= 4 is 11.6 Å². The fourth-order valence-corrected chi connectivity index (χ4v) is 1.03. The molecule has 0 unspecified atom stereocenters. The monoisotopic (exact) mass is 211 g/mol. The number of carbonyl (C=O) groups excluding carboxylic acids is 1. The van der Waals surface area contributed by atoms with Crippen LogP contribution in [0.5, 0.6) is 0 Å². The van der Waals surface area contributed by atoms with Crippen molar-refractivity contribution in [2.24, 2.45) is 16.5 Å². The molecule has 86 valence electrons. The van der Waals surface area contributed by atoms with Gasteiger partial charge in [-0.1, -0.05) is 11.6 Å². The van der Waals surface area contributed by atoms with E-state index in [1.807, 2.05) is 6.92 Å². The van der Waals surface area contributed by atoms with Gasteiger partial charge in [0, 0.05) is 0 Å². The second-order valence-electron chi connectivity index (χ2n) is 3.80. The molecule has 0 saturated heterocycles. The maximum atomic E-state index is 10.9. The van der Waals surface area contributed by atoms with Gasteiger partial charge in [-0.3, -0.25) is 9.79 Å². The molecule has 0 heterocycles. The number of carbonyl (C=O) groups is 1. The summed E-state index contributed by atoms with van der Waals surface area (Å²) in [4.78, 5) is 14.9. The van der Waals surface area contributed by atoms with Gasteiger partial charge >= 0.3 is 0 Å². The minimum absolute atomic E-state index is 0.0388. The number of rotatable bonds is 6. The third-order valence-electron chi connectivity index (χ3n) is 2.07. The standard InChI is InChI=1S/C11H21N3O/c1-8(7-14-10(3)12)5-4-6-11(13)9(2)15/h5,11H,4,6-7,13H2,1-3H3,(H2,12,14)/b8-5-/t11-/m0/s1. The second-order valence-corrected chi connectivity index (χ2v) is 3.80. The predicted molar refractivity (Wildman–Crippen MR) is 63.8 cm³/mol. The summed E-state index contributed by atoms with van der Waals surface area (Å²) in [5.74, 6) is 0.625. The van der Waals surface area contributed by atoms with Crippen LogP contribution in [0.1, 0.15) is 33.6 Å². The minimum Gasteiger partial charge on any atom is -0.388 e. The maximum Gasteiger partial charge on any atom is 0.146 e. The summed E-state index contributed by atoms with van der Waals surface area (Å²) >= 11 is 0. The van der Waals surface area contributed by atoms with Crippen molar-refractivity contribution in [1.29, 1.82) is 0 Å². The number of amidine groups is 1. The summed E-state index contributed by atoms with van der Waals surface area (Å²) in [6, 6.07) is -0.339. The second kappa shape index (κ2) is 7.17. The normalized spacial score (nSPS) is 15.2. The summed E-state index contributed by atoms with van der Waals surface area (Å²) < 4.78 is 0. The molecule has 0 fully saturated rings. The van der Waals surface area contributed by atoms with E-state index < -0.39 is 0 Å². The van der Waals surface area contributed by atoms with E-state index in [0.29, 0.717) is 18.8 Å². The molecule has 15 heavy (non-hydrogen) atoms. The van der Waals surface area contributed by atoms with Gasteiger partial charge in [-0.05, 0) is 33.6 Å². The number of aliphatic imine (C=N–C) groups is 1. The summed E-state index contributed by atoms with van der Waals surface area (Å²) in [6.45, 7) is 5.89. The van der Waals surface area contributed by atoms with Crippen LogP contribution in [0.15, 0.2) is 16.6 Å². The maximum absolute atomic E-state index is 10.9. The van der Waals surface area contributed by atoms with Crippen molar-refractivity contribution < 1.29 is 4.79 Å². The van der Waals surface area contributed by atoms with E-state index in [-0.39, 0.29) is 11.8 Å². The van der Waals surface area contributed by atoms with Crippen molar-refractivity contribution in [3.05, 3.63) is 11.6 Å². The zero-order chi connectivity index (χ0) is 11.8. The lowest BCUT2D eigenvalue weighted by atomic mass is 10.1. The summed E-state index contributed by atoms with van der Waals surface area (Å²) in [6.07, 6.45) is 3.55. The van der Waals surface area contributed by atoms with Crippen LogP contribution in [0.25, 0.3) is 0 Å². The van der Waals surface area contributed by atoms with Gasteiger partial charge in [-0.2, -0.15) is 0 Å². The van der Waals surface area contributed by atoms with Gasteiger partial charge in [0.25, 0.3) is 0 Å². The first-order valence-electron chi connectivity index (χ1n) is 5.11. The zero-order valence-corrected chi connectivity index (χ0v) is 9.79. The Labute approximate surface area is 91.4 Å². The molecule has 0 amide bonds. The molecule has 0 rings (SSSR count). The van der Waals surface area contributed by atoms with Crippen LogP contribution >= 0.6 is 0 Å². The molecule has 0 aromatic heterocycles. The molecule has 0 aliphatic rings. The van der Waals surface area contributed by atoms with E-state index in [2.05, 4.69) is 11.1 Å². The van der Waals surface area contributed by atoms with E-state index in [1.165, 1.54) is 6.92 Å². The average molecular weight is 211 g/mol. The highest BCUT2D eigenvalue weighted by molar-refractivity contribution is 5.81. The minimum atomic E-state index is -0.339. The van der Waals surface area contributed by atoms with Crippen LogP contribution in [-0.4, -0.2) is 24.2 Å². The Hall–Kier alpha value is -1.16. The van der Waals surface area contributed by atoms with Gasteiger partial charge < -0.3 is 11.5 Å². The van der Waals surface area contributed by atoms with E-state index in [1.54, 1.807) is 6.92 Å². The third kappa shape index (κ3) is 7.88. The van der Waals surface area contributed by atoms with Crippen LogP contribution in [0.4, 0.5) is 0 Å². The third-order valence-corrected chi connectivity index (χ3v) is 2.07. The first kappa shape index (κ1) is 13.8. The SMILES string of the molecule is CC(=O)[C@@H](N)CC/C=C(/C)CN=C(C)N. The molecule has 0 saturated carbocycles. The molecule has 4 heteroatoms. The molecule has 0 spiro atoms. The van der Waals surface area contributed by atoms with Crippen LogP contribution in [0, 0.1) is 0 Å². The van der Waals surface area contributed by atoms with Gasteiger partial charge in [-0.25, -0.2) is 0 Å². The largest absolute Gasteiger partial charge is 0.388 e. The Kier molecular flexibility index (Phi) is 6.62. The van der Waals surface area contributed by atoms with Crippen LogP contribution in [0.3, 0.4) is 0 Å². The lowest BCUT2D eigenvalue weighted by molar-refractivity contribution is -0.118. The molecule has 4 N–H and O–H groups in total. The highest BCUT2D eigenvalue weighted by Crippen LogP contribution is 2.02. The molecule has 0 aromatic rings. The number of nitrogens with zero attached hydrogens (tertiary/aromatic N) is 1. The molecule has 0 aromatic carbocycles. The zero-order valence-electron chi connectivity index (χ0n) is 9.79. The Balaban J connectivity index is 3.86. The van der Waals surface area contributed by atoms with Crippen molar-refractivity contribution in [3.63, 3.8) is 0 Å². The number of hydrogen-bond acceptors (Lipinski definition) is 3. The predicted octanol–water partition coefficient (Wildman–Crippen LogP) is 1.01. The number of Topliss-reactive ketones (excluding diaryl/α,β-unsaturated/α-hetero) is 1. The molecular formula is C11H21N3O. The topological polar surface area (TPSA) is 81.5 Å². The van der Waals surface area contributed by atoms with Gasteiger partial charge in [0.1, 0.15) is 5.78 Å². The highest BCUT2D eigenvalue weighted by Gasteiger charge is 2.05. The lowest BCUT2D eigenvalue weighted by Gasteiger charge is -2.05. The van der Waals surface area contributed by atoms with E-state index in [9.17, 15) is 4.79 Å². The number of ketones is 1. The number of hydrogen-bond donors (Lipinski definition) is 2. The van der Waals surface area contributed by atoms with Crippen LogP contribution in [0.2, 0.25) is 0 Å². The van der Waals surface area contributed by atoms with E-state index >= 15 is 0 Å². The molecule has 4 nitrogen and oxygen atoms in total. The lowest BCUT2D eigenvalue weighted by Crippen LogP contribution is -2.27. The summed E-state index contributed by atoms with van der Waals surface area (Å²) in [5, 5.41) is 0. The van der Waals surface area contributed by atoms with Gasteiger partial charge in [0.15, 0.2) is 0 Å². The van der Waals surface area contributed by atoms with Gasteiger partial charge in [0.05, 0.1) is 18.4 Å². The summed E-state index contributed by atoms with van der Waals surface area (Å²) in [5.41, 5.74) is 12.2. The molecule has 1 atom stereocenters. The highest BCUT2D eigenvalue weighted by atomic mass is 16.1. The van der Waals surface area contributed by atoms with E-state index in [4.69, 9.17) is 11.5 Å².